The Labute approximate surface area is 132 Å². The second-order valence-corrected chi connectivity index (χ2v) is 7.14. The summed E-state index contributed by atoms with van der Waals surface area (Å²) >= 11 is 6.00. The molecular weight excluding hydrogens is 324 g/mol. The largest absolute Gasteiger partial charge is 0.311 e. The quantitative estimate of drug-likeness (QED) is 0.684. The molecule has 22 heavy (non-hydrogen) atoms. The van der Waals surface area contributed by atoms with Gasteiger partial charge in [-0.05, 0) is 30.3 Å². The first-order valence-corrected chi connectivity index (χ1v) is 8.49. The highest BCUT2D eigenvalue weighted by molar-refractivity contribution is 7.92. The third kappa shape index (κ3) is 1.89. The molecule has 1 aliphatic rings. The van der Waals surface area contributed by atoms with E-state index in [0.29, 0.717) is 29.4 Å². The lowest BCUT2D eigenvalue weighted by atomic mass is 10.3. The van der Waals surface area contributed by atoms with Crippen LogP contribution in [0.25, 0.3) is 11.0 Å². The minimum absolute atomic E-state index is 0.0293. The first-order chi connectivity index (χ1) is 10.6. The normalized spacial score (nSPS) is 16.7. The number of rotatable bonds is 1. The molecule has 3 heterocycles. The van der Waals surface area contributed by atoms with Crippen molar-refractivity contribution in [1.82, 2.24) is 14.5 Å². The summed E-state index contributed by atoms with van der Waals surface area (Å²) in [5, 5.41) is 0.585. The van der Waals surface area contributed by atoms with Crippen LogP contribution >= 0.6 is 11.6 Å². The summed E-state index contributed by atoms with van der Waals surface area (Å²) in [4.78, 5) is 8.40. The molecule has 1 aromatic carbocycles. The molecule has 0 bridgehead atoms. The lowest BCUT2D eigenvalue weighted by Crippen LogP contribution is -2.40. The Bertz CT molecular complexity index is 969. The minimum Gasteiger partial charge on any atom is -0.311 e. The third-order valence-corrected chi connectivity index (χ3v) is 5.59. The average Bonchev–Trinajstić information content (AvgIpc) is 2.88. The van der Waals surface area contributed by atoms with Crippen molar-refractivity contribution in [1.29, 1.82) is 0 Å². The monoisotopic (exact) mass is 334 g/mol. The number of halogens is 1. The zero-order valence-corrected chi connectivity index (χ0v) is 12.9. The molecule has 0 fully saturated rings. The molecule has 0 saturated heterocycles. The van der Waals surface area contributed by atoms with E-state index in [0.717, 1.165) is 5.52 Å². The van der Waals surface area contributed by atoms with E-state index in [4.69, 9.17) is 11.6 Å². The van der Waals surface area contributed by atoms with Gasteiger partial charge in [0.25, 0.3) is 10.0 Å². The topological polar surface area (TPSA) is 68.1 Å². The number of pyridine rings is 1. The maximum absolute atomic E-state index is 12.8. The fourth-order valence-electron chi connectivity index (χ4n) is 2.64. The molecule has 8 heteroatoms. The molecule has 6 nitrogen and oxygen atoms in total. The predicted molar refractivity (Wildman–Crippen MR) is 83.5 cm³/mol. The molecule has 4 rings (SSSR count). The zero-order chi connectivity index (χ0) is 15.3. The highest BCUT2D eigenvalue weighted by Crippen LogP contribution is 2.30. The van der Waals surface area contributed by atoms with Crippen molar-refractivity contribution < 1.29 is 8.42 Å². The van der Waals surface area contributed by atoms with Crippen LogP contribution in [-0.4, -0.2) is 29.5 Å². The van der Waals surface area contributed by atoms with Crippen molar-refractivity contribution in [2.24, 2.45) is 0 Å². The Morgan fingerprint density at radius 1 is 1.14 bits per heavy atom. The minimum atomic E-state index is -3.73. The first kappa shape index (κ1) is 13.5. The molecule has 0 saturated carbocycles. The van der Waals surface area contributed by atoms with Crippen LogP contribution in [-0.2, 0) is 16.6 Å². The summed E-state index contributed by atoms with van der Waals surface area (Å²) in [6.07, 6.45) is 1.57. The van der Waals surface area contributed by atoms with Gasteiger partial charge in [-0.2, -0.15) is 8.42 Å². The van der Waals surface area contributed by atoms with Crippen LogP contribution in [0.2, 0.25) is 5.02 Å². The van der Waals surface area contributed by atoms with Crippen LogP contribution in [0.5, 0.6) is 0 Å². The van der Waals surface area contributed by atoms with Crippen LogP contribution < -0.4 is 4.31 Å². The summed E-state index contributed by atoms with van der Waals surface area (Å²) < 4.78 is 28.6. The fraction of sp³-hybridized carbons (Fsp3) is 0.143. The molecule has 2 aromatic heterocycles. The van der Waals surface area contributed by atoms with Crippen molar-refractivity contribution in [3.8, 4) is 0 Å². The van der Waals surface area contributed by atoms with Gasteiger partial charge in [-0.3, -0.25) is 0 Å². The molecule has 0 unspecified atom stereocenters. The molecule has 3 aromatic rings. The van der Waals surface area contributed by atoms with Crippen LogP contribution in [0, 0.1) is 0 Å². The van der Waals surface area contributed by atoms with Gasteiger partial charge in [0.2, 0.25) is 5.16 Å². The Balaban J connectivity index is 1.92. The predicted octanol–water partition coefficient (Wildman–Crippen LogP) is 2.29. The third-order valence-electron chi connectivity index (χ3n) is 3.63. The lowest BCUT2D eigenvalue weighted by molar-refractivity contribution is 0.538. The molecule has 0 radical (unpaired) electrons. The number of sulfonamides is 1. The van der Waals surface area contributed by atoms with Gasteiger partial charge in [-0.1, -0.05) is 17.7 Å². The molecule has 0 amide bonds. The van der Waals surface area contributed by atoms with Gasteiger partial charge in [-0.25, -0.2) is 14.3 Å². The Morgan fingerprint density at radius 3 is 2.77 bits per heavy atom. The van der Waals surface area contributed by atoms with Crippen LogP contribution in [0.3, 0.4) is 0 Å². The fourth-order valence-corrected chi connectivity index (χ4v) is 4.36. The van der Waals surface area contributed by atoms with Crippen molar-refractivity contribution in [3.63, 3.8) is 0 Å². The summed E-state index contributed by atoms with van der Waals surface area (Å²) in [6.45, 7) is 0.812. The smallest absolute Gasteiger partial charge is 0.299 e. The SMILES string of the molecule is O=S1(=O)c2nc3ccc(Cl)cc3n2CCN1c1ccccn1. The van der Waals surface area contributed by atoms with Gasteiger partial charge >= 0.3 is 0 Å². The van der Waals surface area contributed by atoms with E-state index in [1.54, 1.807) is 47.2 Å². The number of anilines is 1. The zero-order valence-electron chi connectivity index (χ0n) is 11.3. The Hall–Kier alpha value is -2.12. The maximum atomic E-state index is 12.8. The highest BCUT2D eigenvalue weighted by Gasteiger charge is 2.35. The first-order valence-electron chi connectivity index (χ1n) is 6.67. The molecule has 112 valence electrons. The van der Waals surface area contributed by atoms with Gasteiger partial charge in [0.1, 0.15) is 5.82 Å². The summed E-state index contributed by atoms with van der Waals surface area (Å²) in [5.74, 6) is 0.402. The Kier molecular flexibility index (Phi) is 2.88. The van der Waals surface area contributed by atoms with E-state index in [2.05, 4.69) is 9.97 Å². The van der Waals surface area contributed by atoms with Crippen LogP contribution in [0.4, 0.5) is 5.82 Å². The van der Waals surface area contributed by atoms with Crippen molar-refractivity contribution >= 4 is 38.5 Å². The summed E-state index contributed by atoms with van der Waals surface area (Å²) in [6, 6.07) is 10.3. The summed E-state index contributed by atoms with van der Waals surface area (Å²) in [7, 11) is -3.73. The number of nitrogens with zero attached hydrogens (tertiary/aromatic N) is 4. The number of hydrogen-bond acceptors (Lipinski definition) is 4. The molecule has 0 atom stereocenters. The Morgan fingerprint density at radius 2 is 2.00 bits per heavy atom. The molecule has 0 spiro atoms. The lowest BCUT2D eigenvalue weighted by Gasteiger charge is -2.27. The van der Waals surface area contributed by atoms with Crippen LogP contribution in [0.1, 0.15) is 0 Å². The molecular formula is C14H11ClN4O2S. The summed E-state index contributed by atoms with van der Waals surface area (Å²) in [5.41, 5.74) is 1.34. The van der Waals surface area contributed by atoms with Crippen molar-refractivity contribution in [2.45, 2.75) is 11.7 Å². The van der Waals surface area contributed by atoms with E-state index in [1.807, 2.05) is 0 Å². The standard InChI is InChI=1S/C14H11ClN4O2S/c15-10-4-5-11-12(9-10)18-7-8-19(13-3-1-2-6-16-13)22(20,21)14(18)17-11/h1-6,9H,7-8H2. The number of hydrogen-bond donors (Lipinski definition) is 0. The number of benzene rings is 1. The van der Waals surface area contributed by atoms with Gasteiger partial charge in [0, 0.05) is 17.8 Å². The van der Waals surface area contributed by atoms with Crippen LogP contribution in [0.15, 0.2) is 47.8 Å². The maximum Gasteiger partial charge on any atom is 0.299 e. The molecule has 0 aliphatic carbocycles. The van der Waals surface area contributed by atoms with E-state index in [-0.39, 0.29) is 5.16 Å². The number of imidazole rings is 1. The van der Waals surface area contributed by atoms with E-state index >= 15 is 0 Å². The second kappa shape index (κ2) is 4.69. The average molecular weight is 335 g/mol. The van der Waals surface area contributed by atoms with Gasteiger partial charge in [0.15, 0.2) is 0 Å². The highest BCUT2D eigenvalue weighted by atomic mass is 35.5. The molecule has 0 N–H and O–H groups in total. The number of fused-ring (bicyclic) bond motifs is 3. The van der Waals surface area contributed by atoms with Crippen molar-refractivity contribution in [2.75, 3.05) is 10.8 Å². The van der Waals surface area contributed by atoms with Gasteiger partial charge in [-0.15, -0.1) is 0 Å². The van der Waals surface area contributed by atoms with Gasteiger partial charge in [0.05, 0.1) is 17.6 Å². The number of aromatic nitrogens is 3. The van der Waals surface area contributed by atoms with Gasteiger partial charge < -0.3 is 4.57 Å². The van der Waals surface area contributed by atoms with E-state index < -0.39 is 10.0 Å². The second-order valence-electron chi connectivity index (χ2n) is 4.94. The molecule has 1 aliphatic heterocycles. The van der Waals surface area contributed by atoms with E-state index in [9.17, 15) is 8.42 Å². The van der Waals surface area contributed by atoms with Crippen molar-refractivity contribution in [3.05, 3.63) is 47.6 Å². The van der Waals surface area contributed by atoms with E-state index in [1.165, 1.54) is 4.31 Å².